The maximum absolute atomic E-state index is 12.1. The number of carbonyl (C=O) groups excluding carboxylic acids is 1. The largest absolute Gasteiger partial charge is 0.392 e. The number of hydrogen-bond donors (Lipinski definition) is 1. The highest BCUT2D eigenvalue weighted by molar-refractivity contribution is 6.31. The van der Waals surface area contributed by atoms with Crippen LogP contribution in [-0.2, 0) is 4.79 Å². The van der Waals surface area contributed by atoms with Gasteiger partial charge in [-0.3, -0.25) is 14.6 Å². The topological polar surface area (TPSA) is 35.6 Å². The van der Waals surface area contributed by atoms with Crippen LogP contribution in [0, 0.1) is 0 Å². The Balaban J connectivity index is 0.000000242. The Morgan fingerprint density at radius 2 is 1.88 bits per heavy atom. The number of nitrogens with one attached hydrogen (secondary N) is 1. The van der Waals surface area contributed by atoms with E-state index in [1.807, 2.05) is 56.1 Å². The Labute approximate surface area is 151 Å². The second-order valence-electron chi connectivity index (χ2n) is 6.62. The van der Waals surface area contributed by atoms with Gasteiger partial charge < -0.3 is 5.32 Å². The van der Waals surface area contributed by atoms with Gasteiger partial charge in [0.2, 0.25) is 0 Å². The lowest BCUT2D eigenvalue weighted by Crippen LogP contribution is -2.38. The van der Waals surface area contributed by atoms with Crippen molar-refractivity contribution in [3.05, 3.63) is 60.3 Å². The van der Waals surface area contributed by atoms with Crippen molar-refractivity contribution < 1.29 is 4.79 Å². The summed E-state index contributed by atoms with van der Waals surface area (Å²) in [5, 5.41) is 3.00. The molecule has 0 spiro atoms. The van der Waals surface area contributed by atoms with Gasteiger partial charge in [-0.05, 0) is 51.9 Å². The van der Waals surface area contributed by atoms with Gasteiger partial charge >= 0.3 is 0 Å². The molecule has 2 heterocycles. The van der Waals surface area contributed by atoms with Gasteiger partial charge in [-0.1, -0.05) is 36.9 Å². The molecule has 0 saturated carbocycles. The fourth-order valence-corrected chi connectivity index (χ4v) is 3.06. The van der Waals surface area contributed by atoms with E-state index in [0.29, 0.717) is 12.2 Å². The quantitative estimate of drug-likeness (QED) is 0.670. The number of hydrogen-bond acceptors (Lipinski definition) is 3. The van der Waals surface area contributed by atoms with Gasteiger partial charge in [0.05, 0.1) is 12.4 Å². The average molecular weight is 339 g/mol. The van der Waals surface area contributed by atoms with Gasteiger partial charge in [-0.2, -0.15) is 0 Å². The number of amides is 1. The van der Waals surface area contributed by atoms with Crippen LogP contribution in [0.4, 0.5) is 5.69 Å². The van der Waals surface area contributed by atoms with Crippen LogP contribution in [0.15, 0.2) is 54.8 Å². The van der Waals surface area contributed by atoms with E-state index in [1.54, 1.807) is 0 Å². The third kappa shape index (κ3) is 4.83. The van der Waals surface area contributed by atoms with E-state index in [0.717, 1.165) is 35.6 Å². The second-order valence-corrected chi connectivity index (χ2v) is 6.62. The molecule has 0 unspecified atom stereocenters. The highest BCUT2D eigenvalue weighted by Gasteiger charge is 2.31. The van der Waals surface area contributed by atoms with Gasteiger partial charge in [-0.25, -0.2) is 0 Å². The zero-order chi connectivity index (χ0) is 18.4. The number of anilines is 1. The van der Waals surface area contributed by atoms with Crippen LogP contribution in [0.2, 0.25) is 0 Å². The first-order valence-corrected chi connectivity index (χ1v) is 8.78. The third-order valence-corrected chi connectivity index (χ3v) is 4.42. The minimum Gasteiger partial charge on any atom is -0.392 e. The molecule has 25 heavy (non-hydrogen) atoms. The highest BCUT2D eigenvalue weighted by Crippen LogP contribution is 2.35. The first kappa shape index (κ1) is 19.0. The molecule has 2 aliphatic heterocycles. The number of benzene rings is 1. The van der Waals surface area contributed by atoms with E-state index in [4.69, 9.17) is 0 Å². The summed E-state index contributed by atoms with van der Waals surface area (Å²) in [5.41, 5.74) is 4.85. The van der Waals surface area contributed by atoms with Crippen molar-refractivity contribution in [2.24, 2.45) is 0 Å². The van der Waals surface area contributed by atoms with Gasteiger partial charge in [0.1, 0.15) is 0 Å². The molecule has 1 N–H and O–H groups in total. The van der Waals surface area contributed by atoms with Crippen LogP contribution in [0.5, 0.6) is 0 Å². The van der Waals surface area contributed by atoms with Crippen molar-refractivity contribution >= 4 is 17.2 Å². The Morgan fingerprint density at radius 1 is 1.24 bits per heavy atom. The lowest BCUT2D eigenvalue weighted by atomic mass is 10.1. The molecule has 2 aliphatic rings. The molecule has 0 bridgehead atoms. The molecule has 0 aliphatic carbocycles. The molecular formula is C21H29N3O. The van der Waals surface area contributed by atoms with Crippen molar-refractivity contribution in [1.82, 2.24) is 10.2 Å². The molecule has 1 fully saturated rings. The Bertz CT molecular complexity index is 684. The monoisotopic (exact) mass is 339 g/mol. The summed E-state index contributed by atoms with van der Waals surface area (Å²) in [5.74, 6) is 0.0538. The average Bonchev–Trinajstić information content (AvgIpc) is 3.18. The van der Waals surface area contributed by atoms with Crippen LogP contribution in [0.3, 0.4) is 0 Å². The molecule has 134 valence electrons. The van der Waals surface area contributed by atoms with Crippen LogP contribution < -0.4 is 10.2 Å². The van der Waals surface area contributed by atoms with Crippen LogP contribution in [0.1, 0.15) is 32.3 Å². The van der Waals surface area contributed by atoms with E-state index >= 15 is 0 Å². The summed E-state index contributed by atoms with van der Waals surface area (Å²) in [6.45, 7) is 14.5. The summed E-state index contributed by atoms with van der Waals surface area (Å²) < 4.78 is 0. The molecule has 1 aromatic carbocycles. The lowest BCUT2D eigenvalue weighted by molar-refractivity contribution is -0.113. The fraction of sp³-hybridized carbons (Fsp3) is 0.381. The zero-order valence-electron chi connectivity index (χ0n) is 15.6. The fourth-order valence-electron chi connectivity index (χ4n) is 3.06. The van der Waals surface area contributed by atoms with Crippen LogP contribution >= 0.6 is 0 Å². The number of allylic oxidation sites excluding steroid dienone is 3. The lowest BCUT2D eigenvalue weighted by Gasteiger charge is -2.23. The van der Waals surface area contributed by atoms with Crippen LogP contribution in [0.25, 0.3) is 5.57 Å². The molecule has 0 radical (unpaired) electrons. The maximum atomic E-state index is 12.1. The second kappa shape index (κ2) is 8.67. The maximum Gasteiger partial charge on any atom is 0.259 e. The minimum atomic E-state index is 0.0538. The first-order chi connectivity index (χ1) is 11.9. The molecule has 0 atom stereocenters. The summed E-state index contributed by atoms with van der Waals surface area (Å²) in [6.07, 6.45) is 4.48. The highest BCUT2D eigenvalue weighted by atomic mass is 16.2. The van der Waals surface area contributed by atoms with Gasteiger partial charge in [0.15, 0.2) is 0 Å². The molecule has 4 heteroatoms. The molecule has 1 saturated heterocycles. The summed E-state index contributed by atoms with van der Waals surface area (Å²) in [6, 6.07) is 7.90. The number of fused-ring (bicyclic) bond motifs is 1. The molecular weight excluding hydrogens is 310 g/mol. The Kier molecular flexibility index (Phi) is 6.59. The van der Waals surface area contributed by atoms with Gasteiger partial charge in [0, 0.05) is 23.9 Å². The number of carbonyl (C=O) groups is 1. The van der Waals surface area contributed by atoms with Crippen LogP contribution in [-0.4, -0.2) is 37.6 Å². The third-order valence-electron chi connectivity index (χ3n) is 4.42. The molecule has 1 amide bonds. The molecule has 1 aromatic rings. The Hall–Kier alpha value is -2.33. The summed E-state index contributed by atoms with van der Waals surface area (Å²) >= 11 is 0. The predicted molar refractivity (Wildman–Crippen MR) is 106 cm³/mol. The molecule has 3 rings (SSSR count). The van der Waals surface area contributed by atoms with E-state index in [1.165, 1.54) is 12.8 Å². The van der Waals surface area contributed by atoms with Gasteiger partial charge in [-0.15, -0.1) is 0 Å². The standard InChI is InChI=1S/C14H16N2O.C7H13N/c1-11-12-6-2-3-7-13(12)16(14(11)17)10-15-8-4-5-9-15;1-6(2)5-7(3)8-4/h2-3,6-7H,1,4-5,8-10H2;5,8H,1H2,2-4H3/b;7-5-. The first-order valence-electron chi connectivity index (χ1n) is 8.78. The Morgan fingerprint density at radius 3 is 2.44 bits per heavy atom. The van der Waals surface area contributed by atoms with Crippen molar-refractivity contribution in [3.63, 3.8) is 0 Å². The molecule has 4 nitrogen and oxygen atoms in total. The molecule has 0 aromatic heterocycles. The van der Waals surface area contributed by atoms with Crippen molar-refractivity contribution in [2.45, 2.75) is 26.7 Å². The minimum absolute atomic E-state index is 0.0538. The van der Waals surface area contributed by atoms with Crippen molar-refractivity contribution in [1.29, 1.82) is 0 Å². The van der Waals surface area contributed by atoms with Crippen molar-refractivity contribution in [3.8, 4) is 0 Å². The van der Waals surface area contributed by atoms with Crippen molar-refractivity contribution in [2.75, 3.05) is 31.7 Å². The number of likely N-dealkylation sites (tertiary alicyclic amines) is 1. The summed E-state index contributed by atoms with van der Waals surface area (Å²) in [4.78, 5) is 16.3. The smallest absolute Gasteiger partial charge is 0.259 e. The van der Waals surface area contributed by atoms with E-state index < -0.39 is 0 Å². The number of nitrogens with zero attached hydrogens (tertiary/aromatic N) is 2. The predicted octanol–water partition coefficient (Wildman–Crippen LogP) is 3.79. The van der Waals surface area contributed by atoms with Gasteiger partial charge in [0.25, 0.3) is 5.91 Å². The van der Waals surface area contributed by atoms with E-state index in [-0.39, 0.29) is 5.91 Å². The summed E-state index contributed by atoms with van der Waals surface area (Å²) in [7, 11) is 1.90. The zero-order valence-corrected chi connectivity index (χ0v) is 15.6. The SMILES string of the molecule is C=C(C)/C=C(/C)NC.C=C1C(=O)N(CN2CCCC2)c2ccccc21. The number of rotatable bonds is 4. The number of para-hydroxylation sites is 1. The van der Waals surface area contributed by atoms with E-state index in [9.17, 15) is 4.79 Å². The van der Waals surface area contributed by atoms with E-state index in [2.05, 4.69) is 23.4 Å². The normalized spacial score (nSPS) is 17.2.